The predicted octanol–water partition coefficient (Wildman–Crippen LogP) is 1.52. The zero-order valence-corrected chi connectivity index (χ0v) is 12.4. The lowest BCUT2D eigenvalue weighted by molar-refractivity contribution is -0.121. The molecule has 22 heavy (non-hydrogen) atoms. The highest BCUT2D eigenvalue weighted by molar-refractivity contribution is 6.01. The van der Waals surface area contributed by atoms with E-state index in [2.05, 4.69) is 5.10 Å². The van der Waals surface area contributed by atoms with E-state index in [1.807, 2.05) is 13.0 Å². The first-order chi connectivity index (χ1) is 10.6. The van der Waals surface area contributed by atoms with Crippen molar-refractivity contribution in [1.82, 2.24) is 9.78 Å². The van der Waals surface area contributed by atoms with Crippen molar-refractivity contribution in [2.24, 2.45) is 5.73 Å². The Hall–Kier alpha value is -2.63. The van der Waals surface area contributed by atoms with Gasteiger partial charge in [-0.15, -0.1) is 0 Å². The van der Waals surface area contributed by atoms with Crippen LogP contribution in [0.4, 0.5) is 5.69 Å². The lowest BCUT2D eigenvalue weighted by Crippen LogP contribution is -2.40. The summed E-state index contributed by atoms with van der Waals surface area (Å²) < 4.78 is 1.63. The molecule has 0 saturated heterocycles. The minimum absolute atomic E-state index is 0.0359. The number of rotatable bonds is 3. The van der Waals surface area contributed by atoms with Crippen LogP contribution in [0.3, 0.4) is 0 Å². The Morgan fingerprint density at radius 2 is 2.14 bits per heavy atom. The molecule has 0 aliphatic carbocycles. The van der Waals surface area contributed by atoms with Gasteiger partial charge in [0.1, 0.15) is 6.04 Å². The molecule has 1 aliphatic rings. The molecule has 0 radical (unpaired) electrons. The minimum atomic E-state index is -0.453. The molecule has 0 saturated carbocycles. The molecule has 1 aromatic carbocycles. The number of primary amides is 1. The van der Waals surface area contributed by atoms with Crippen LogP contribution in [-0.2, 0) is 11.2 Å². The Morgan fingerprint density at radius 3 is 2.82 bits per heavy atom. The number of benzene rings is 1. The van der Waals surface area contributed by atoms with Gasteiger partial charge in [-0.2, -0.15) is 5.10 Å². The van der Waals surface area contributed by atoms with Gasteiger partial charge in [0.15, 0.2) is 0 Å². The largest absolute Gasteiger partial charge is 0.366 e. The molecule has 114 valence electrons. The van der Waals surface area contributed by atoms with E-state index in [4.69, 9.17) is 5.73 Å². The summed E-state index contributed by atoms with van der Waals surface area (Å²) in [5.74, 6) is -0.488. The van der Waals surface area contributed by atoms with Crippen LogP contribution in [0.15, 0.2) is 36.7 Å². The van der Waals surface area contributed by atoms with Gasteiger partial charge in [-0.25, -0.2) is 0 Å². The standard InChI is InChI=1S/C16H18N4O2/c1-11(20-10-4-8-18-20)16(22)19-9-3-6-12-13(15(17)21)5-2-7-14(12)19/h2,4-5,7-8,10-11H,3,6,9H2,1H3,(H2,17,21). The summed E-state index contributed by atoms with van der Waals surface area (Å²) in [5, 5.41) is 4.13. The maximum atomic E-state index is 12.8. The van der Waals surface area contributed by atoms with Crippen LogP contribution in [0.2, 0.25) is 0 Å². The van der Waals surface area contributed by atoms with E-state index in [0.29, 0.717) is 12.1 Å². The molecule has 0 spiro atoms. The van der Waals surface area contributed by atoms with Crippen molar-refractivity contribution in [3.8, 4) is 0 Å². The maximum absolute atomic E-state index is 12.8. The maximum Gasteiger partial charge on any atom is 0.251 e. The Morgan fingerprint density at radius 1 is 1.32 bits per heavy atom. The highest BCUT2D eigenvalue weighted by Crippen LogP contribution is 2.31. The van der Waals surface area contributed by atoms with Crippen molar-refractivity contribution < 1.29 is 9.59 Å². The van der Waals surface area contributed by atoms with Crippen LogP contribution in [0.25, 0.3) is 0 Å². The van der Waals surface area contributed by atoms with Crippen LogP contribution in [-0.4, -0.2) is 28.1 Å². The molecular formula is C16H18N4O2. The number of anilines is 1. The van der Waals surface area contributed by atoms with Gasteiger partial charge in [0.25, 0.3) is 5.91 Å². The number of carbonyl (C=O) groups excluding carboxylic acids is 2. The second-order valence-electron chi connectivity index (χ2n) is 5.42. The Kier molecular flexibility index (Phi) is 3.66. The van der Waals surface area contributed by atoms with Gasteiger partial charge in [-0.3, -0.25) is 14.3 Å². The Labute approximate surface area is 128 Å². The summed E-state index contributed by atoms with van der Waals surface area (Å²) in [5.41, 5.74) is 7.59. The summed E-state index contributed by atoms with van der Waals surface area (Å²) in [6, 6.07) is 6.75. The van der Waals surface area contributed by atoms with Crippen LogP contribution in [0, 0.1) is 0 Å². The highest BCUT2D eigenvalue weighted by Gasteiger charge is 2.29. The average Bonchev–Trinajstić information content (AvgIpc) is 3.06. The summed E-state index contributed by atoms with van der Waals surface area (Å²) in [4.78, 5) is 26.1. The predicted molar refractivity (Wildman–Crippen MR) is 82.6 cm³/mol. The number of nitrogens with two attached hydrogens (primary N) is 1. The molecule has 2 amide bonds. The third kappa shape index (κ3) is 2.36. The molecule has 2 heterocycles. The van der Waals surface area contributed by atoms with Crippen LogP contribution >= 0.6 is 0 Å². The monoisotopic (exact) mass is 298 g/mol. The number of nitrogens with zero attached hydrogens (tertiary/aromatic N) is 3. The van der Waals surface area contributed by atoms with Crippen molar-refractivity contribution in [3.05, 3.63) is 47.8 Å². The molecule has 1 aromatic heterocycles. The third-order valence-corrected chi connectivity index (χ3v) is 4.06. The zero-order valence-electron chi connectivity index (χ0n) is 12.4. The van der Waals surface area contributed by atoms with Gasteiger partial charge < -0.3 is 10.6 Å². The SMILES string of the molecule is CC(C(=O)N1CCCc2c(C(N)=O)cccc21)n1cccn1. The first-order valence-electron chi connectivity index (χ1n) is 7.32. The normalized spacial score (nSPS) is 15.2. The van der Waals surface area contributed by atoms with E-state index < -0.39 is 11.9 Å². The molecule has 1 aliphatic heterocycles. The van der Waals surface area contributed by atoms with Crippen molar-refractivity contribution in [1.29, 1.82) is 0 Å². The second-order valence-corrected chi connectivity index (χ2v) is 5.42. The van der Waals surface area contributed by atoms with E-state index in [9.17, 15) is 9.59 Å². The van der Waals surface area contributed by atoms with E-state index in [1.165, 1.54) is 0 Å². The van der Waals surface area contributed by atoms with Crippen LogP contribution in [0.1, 0.15) is 35.3 Å². The average molecular weight is 298 g/mol. The molecule has 1 unspecified atom stereocenters. The van der Waals surface area contributed by atoms with Gasteiger partial charge in [0.2, 0.25) is 5.91 Å². The molecule has 6 heteroatoms. The lowest BCUT2D eigenvalue weighted by Gasteiger charge is -2.32. The summed E-state index contributed by atoms with van der Waals surface area (Å²) >= 11 is 0. The molecule has 6 nitrogen and oxygen atoms in total. The molecule has 1 atom stereocenters. The molecule has 0 bridgehead atoms. The topological polar surface area (TPSA) is 81.2 Å². The first kappa shape index (κ1) is 14.3. The number of fused-ring (bicyclic) bond motifs is 1. The second kappa shape index (κ2) is 5.63. The fourth-order valence-electron chi connectivity index (χ4n) is 2.93. The molecular weight excluding hydrogens is 280 g/mol. The molecule has 2 aromatic rings. The fourth-order valence-corrected chi connectivity index (χ4v) is 2.93. The van der Waals surface area contributed by atoms with Gasteiger partial charge in [-0.05, 0) is 43.5 Å². The number of aromatic nitrogens is 2. The first-order valence-corrected chi connectivity index (χ1v) is 7.32. The van der Waals surface area contributed by atoms with Crippen molar-refractivity contribution >= 4 is 17.5 Å². The van der Waals surface area contributed by atoms with E-state index in [-0.39, 0.29) is 5.91 Å². The minimum Gasteiger partial charge on any atom is -0.366 e. The summed E-state index contributed by atoms with van der Waals surface area (Å²) in [6.07, 6.45) is 5.00. The molecule has 0 fully saturated rings. The van der Waals surface area contributed by atoms with Crippen molar-refractivity contribution in [2.45, 2.75) is 25.8 Å². The van der Waals surface area contributed by atoms with E-state index >= 15 is 0 Å². The van der Waals surface area contributed by atoms with Crippen molar-refractivity contribution in [3.63, 3.8) is 0 Å². The third-order valence-electron chi connectivity index (χ3n) is 4.06. The van der Waals surface area contributed by atoms with E-state index in [0.717, 1.165) is 24.1 Å². The molecule has 2 N–H and O–H groups in total. The van der Waals surface area contributed by atoms with Crippen molar-refractivity contribution in [2.75, 3.05) is 11.4 Å². The number of amides is 2. The van der Waals surface area contributed by atoms with Gasteiger partial charge in [0, 0.05) is 30.2 Å². The zero-order chi connectivity index (χ0) is 15.7. The summed E-state index contributed by atoms with van der Waals surface area (Å²) in [7, 11) is 0. The Balaban J connectivity index is 1.97. The van der Waals surface area contributed by atoms with Crippen LogP contribution < -0.4 is 10.6 Å². The molecule has 3 rings (SSSR count). The summed E-state index contributed by atoms with van der Waals surface area (Å²) in [6.45, 7) is 2.46. The number of carbonyl (C=O) groups is 2. The van der Waals surface area contributed by atoms with Gasteiger partial charge in [0.05, 0.1) is 0 Å². The fraction of sp³-hybridized carbons (Fsp3) is 0.312. The Bertz CT molecular complexity index is 709. The van der Waals surface area contributed by atoms with E-state index in [1.54, 1.807) is 40.2 Å². The van der Waals surface area contributed by atoms with Gasteiger partial charge in [-0.1, -0.05) is 6.07 Å². The van der Waals surface area contributed by atoms with Gasteiger partial charge >= 0.3 is 0 Å². The smallest absolute Gasteiger partial charge is 0.251 e. The lowest BCUT2D eigenvalue weighted by atomic mass is 9.95. The number of hydrogen-bond donors (Lipinski definition) is 1. The highest BCUT2D eigenvalue weighted by atomic mass is 16.2. The number of hydrogen-bond acceptors (Lipinski definition) is 3. The van der Waals surface area contributed by atoms with Crippen LogP contribution in [0.5, 0.6) is 0 Å². The quantitative estimate of drug-likeness (QED) is 0.933.